The molecule has 0 fully saturated rings. The molecule has 1 amide bonds. The van der Waals surface area contributed by atoms with E-state index >= 15 is 0 Å². The second kappa shape index (κ2) is 8.87. The van der Waals surface area contributed by atoms with Gasteiger partial charge < -0.3 is 15.8 Å². The van der Waals surface area contributed by atoms with Crippen LogP contribution < -0.4 is 15.8 Å². The summed E-state index contributed by atoms with van der Waals surface area (Å²) in [6.07, 6.45) is 8.10. The molecule has 0 unspecified atom stereocenters. The van der Waals surface area contributed by atoms with Crippen LogP contribution in [-0.4, -0.2) is 19.1 Å². The Hall–Kier alpha value is -2.15. The maximum absolute atomic E-state index is 11.5. The summed E-state index contributed by atoms with van der Waals surface area (Å²) in [6.45, 7) is 1.03. The highest BCUT2D eigenvalue weighted by molar-refractivity contribution is 5.75. The molecule has 1 rings (SSSR count). The van der Waals surface area contributed by atoms with Crippen molar-refractivity contribution >= 4 is 11.6 Å². The van der Waals surface area contributed by atoms with Crippen LogP contribution >= 0.6 is 0 Å². The molecule has 0 aliphatic rings. The van der Waals surface area contributed by atoms with Gasteiger partial charge in [-0.05, 0) is 37.1 Å². The van der Waals surface area contributed by atoms with E-state index in [9.17, 15) is 4.79 Å². The van der Waals surface area contributed by atoms with E-state index in [1.165, 1.54) is 0 Å². The smallest absolute Gasteiger partial charge is 0.223 e. The molecule has 0 bridgehead atoms. The molecule has 3 N–H and O–H groups in total. The highest BCUT2D eigenvalue weighted by Crippen LogP contribution is 2.12. The Morgan fingerprint density at radius 3 is 2.74 bits per heavy atom. The van der Waals surface area contributed by atoms with Crippen molar-refractivity contribution in [2.24, 2.45) is 0 Å². The zero-order valence-electron chi connectivity index (χ0n) is 11.0. The molecule has 102 valence electrons. The number of terminal acetylenes is 1. The number of amides is 1. The molecule has 4 nitrogen and oxygen atoms in total. The molecule has 4 heteroatoms. The Labute approximate surface area is 114 Å². The average Bonchev–Trinajstić information content (AvgIpc) is 2.41. The van der Waals surface area contributed by atoms with Gasteiger partial charge in [0.15, 0.2) is 0 Å². The molecule has 0 heterocycles. The van der Waals surface area contributed by atoms with Crippen LogP contribution in [0, 0.1) is 12.3 Å². The van der Waals surface area contributed by atoms with Gasteiger partial charge in [-0.15, -0.1) is 12.3 Å². The number of hydrogen-bond acceptors (Lipinski definition) is 3. The predicted octanol–water partition coefficient (Wildman–Crippen LogP) is 1.96. The zero-order chi connectivity index (χ0) is 13.9. The van der Waals surface area contributed by atoms with Gasteiger partial charge in [-0.3, -0.25) is 4.79 Å². The third-order valence-corrected chi connectivity index (χ3v) is 2.55. The summed E-state index contributed by atoms with van der Waals surface area (Å²) in [5, 5.41) is 2.83. The Bertz CT molecular complexity index is 421. The fourth-order valence-electron chi connectivity index (χ4n) is 1.49. The van der Waals surface area contributed by atoms with Gasteiger partial charge in [-0.1, -0.05) is 0 Å². The fraction of sp³-hybridized carbons (Fsp3) is 0.400. The van der Waals surface area contributed by atoms with Gasteiger partial charge in [0.2, 0.25) is 5.91 Å². The molecule has 0 aliphatic carbocycles. The molecule has 0 spiro atoms. The number of ether oxygens (including phenoxy) is 1. The van der Waals surface area contributed by atoms with Crippen LogP contribution in [0.5, 0.6) is 5.75 Å². The maximum atomic E-state index is 11.5. The lowest BCUT2D eigenvalue weighted by atomic mass is 10.2. The highest BCUT2D eigenvalue weighted by atomic mass is 16.5. The van der Waals surface area contributed by atoms with E-state index in [-0.39, 0.29) is 5.91 Å². The summed E-state index contributed by atoms with van der Waals surface area (Å²) in [7, 11) is 0. The van der Waals surface area contributed by atoms with Crippen LogP contribution in [0.3, 0.4) is 0 Å². The van der Waals surface area contributed by atoms with Crippen molar-refractivity contribution in [3.8, 4) is 18.1 Å². The normalized spacial score (nSPS) is 9.63. The minimum Gasteiger partial charge on any atom is -0.493 e. The van der Waals surface area contributed by atoms with Crippen molar-refractivity contribution in [2.75, 3.05) is 18.9 Å². The van der Waals surface area contributed by atoms with Crippen molar-refractivity contribution in [2.45, 2.75) is 25.7 Å². The maximum Gasteiger partial charge on any atom is 0.223 e. The zero-order valence-corrected chi connectivity index (χ0v) is 11.0. The lowest BCUT2D eigenvalue weighted by Gasteiger charge is -2.07. The van der Waals surface area contributed by atoms with E-state index in [1.807, 2.05) is 0 Å². The number of hydrogen-bond donors (Lipinski definition) is 2. The standard InChI is InChI=1S/C15H20N2O2/c1-2-3-4-5-11-17-15(18)10-12-19-14-8-6-13(16)7-9-14/h1,6-9H,3-5,10-12,16H2,(H,17,18). The van der Waals surface area contributed by atoms with Crippen LogP contribution in [-0.2, 0) is 4.79 Å². The largest absolute Gasteiger partial charge is 0.493 e. The second-order valence-electron chi connectivity index (χ2n) is 4.18. The molecular formula is C15H20N2O2. The first-order chi connectivity index (χ1) is 9.22. The molecule has 0 radical (unpaired) electrons. The van der Waals surface area contributed by atoms with Crippen molar-refractivity contribution in [1.82, 2.24) is 5.32 Å². The number of anilines is 1. The first-order valence-corrected chi connectivity index (χ1v) is 6.41. The van der Waals surface area contributed by atoms with E-state index in [1.54, 1.807) is 24.3 Å². The summed E-state index contributed by atoms with van der Waals surface area (Å²) in [5.41, 5.74) is 6.25. The second-order valence-corrected chi connectivity index (χ2v) is 4.18. The van der Waals surface area contributed by atoms with Crippen LogP contribution in [0.25, 0.3) is 0 Å². The summed E-state index contributed by atoms with van der Waals surface area (Å²) in [5.74, 6) is 3.29. The monoisotopic (exact) mass is 260 g/mol. The van der Waals surface area contributed by atoms with Gasteiger partial charge >= 0.3 is 0 Å². The van der Waals surface area contributed by atoms with Gasteiger partial charge in [-0.2, -0.15) is 0 Å². The van der Waals surface area contributed by atoms with Gasteiger partial charge in [0.1, 0.15) is 5.75 Å². The van der Waals surface area contributed by atoms with Crippen LogP contribution in [0.15, 0.2) is 24.3 Å². The minimum absolute atomic E-state index is 0.00356. The van der Waals surface area contributed by atoms with Crippen LogP contribution in [0.1, 0.15) is 25.7 Å². The third kappa shape index (κ3) is 6.99. The molecule has 1 aromatic rings. The van der Waals surface area contributed by atoms with Crippen molar-refractivity contribution < 1.29 is 9.53 Å². The first-order valence-electron chi connectivity index (χ1n) is 6.41. The molecule has 1 aromatic carbocycles. The first kappa shape index (κ1) is 14.9. The topological polar surface area (TPSA) is 64.3 Å². The van der Waals surface area contributed by atoms with Crippen LogP contribution in [0.2, 0.25) is 0 Å². The number of carbonyl (C=O) groups is 1. The molecule has 0 saturated heterocycles. The number of nitrogen functional groups attached to an aromatic ring is 1. The summed E-state index contributed by atoms with van der Waals surface area (Å²) in [4.78, 5) is 11.5. The molecule has 0 aromatic heterocycles. The summed E-state index contributed by atoms with van der Waals surface area (Å²) in [6, 6.07) is 7.10. The number of benzene rings is 1. The number of carbonyl (C=O) groups excluding carboxylic acids is 1. The van der Waals surface area contributed by atoms with Crippen molar-refractivity contribution in [1.29, 1.82) is 0 Å². The molecule has 0 atom stereocenters. The Morgan fingerprint density at radius 1 is 1.32 bits per heavy atom. The minimum atomic E-state index is -0.00356. The van der Waals surface area contributed by atoms with E-state index in [0.717, 1.165) is 25.0 Å². The predicted molar refractivity (Wildman–Crippen MR) is 76.7 cm³/mol. The third-order valence-electron chi connectivity index (χ3n) is 2.55. The van der Waals surface area contributed by atoms with E-state index < -0.39 is 0 Å². The summed E-state index contributed by atoms with van der Waals surface area (Å²) < 4.78 is 5.43. The Balaban J connectivity index is 2.07. The highest BCUT2D eigenvalue weighted by Gasteiger charge is 2.01. The average molecular weight is 260 g/mol. The summed E-state index contributed by atoms with van der Waals surface area (Å²) >= 11 is 0. The van der Waals surface area contributed by atoms with Gasteiger partial charge in [-0.25, -0.2) is 0 Å². The quantitative estimate of drug-likeness (QED) is 0.426. The lowest BCUT2D eigenvalue weighted by molar-refractivity contribution is -0.121. The van der Waals surface area contributed by atoms with Crippen LogP contribution in [0.4, 0.5) is 5.69 Å². The molecule has 0 aliphatic heterocycles. The Kier molecular flexibility index (Phi) is 6.96. The number of rotatable bonds is 8. The van der Waals surface area contributed by atoms with Gasteiger partial charge in [0.25, 0.3) is 0 Å². The Morgan fingerprint density at radius 2 is 2.05 bits per heavy atom. The number of nitrogens with one attached hydrogen (secondary N) is 1. The van der Waals surface area contributed by atoms with E-state index in [4.69, 9.17) is 16.9 Å². The SMILES string of the molecule is C#CCCCCNC(=O)CCOc1ccc(N)cc1. The van der Waals surface area contributed by atoms with Crippen molar-refractivity contribution in [3.05, 3.63) is 24.3 Å². The van der Waals surface area contributed by atoms with Gasteiger partial charge in [0.05, 0.1) is 13.0 Å². The number of nitrogens with two attached hydrogens (primary N) is 1. The van der Waals surface area contributed by atoms with Crippen molar-refractivity contribution in [3.63, 3.8) is 0 Å². The van der Waals surface area contributed by atoms with E-state index in [0.29, 0.717) is 25.3 Å². The van der Waals surface area contributed by atoms with Gasteiger partial charge in [0, 0.05) is 18.7 Å². The number of unbranched alkanes of at least 4 members (excludes halogenated alkanes) is 2. The van der Waals surface area contributed by atoms with E-state index in [2.05, 4.69) is 11.2 Å². The lowest BCUT2D eigenvalue weighted by Crippen LogP contribution is -2.25. The fourth-order valence-corrected chi connectivity index (χ4v) is 1.49. The molecule has 0 saturated carbocycles. The molecule has 19 heavy (non-hydrogen) atoms. The molecular weight excluding hydrogens is 240 g/mol.